The van der Waals surface area contributed by atoms with Gasteiger partial charge in [-0.15, -0.1) is 4.48 Å². The second-order valence-corrected chi connectivity index (χ2v) is 5.07. The van der Waals surface area contributed by atoms with Crippen LogP contribution in [0.2, 0.25) is 0 Å². The highest BCUT2D eigenvalue weighted by atomic mass is 19.2. The van der Waals surface area contributed by atoms with Gasteiger partial charge in [0.25, 0.3) is 0 Å². The van der Waals surface area contributed by atoms with E-state index in [-0.39, 0.29) is 6.04 Å². The summed E-state index contributed by atoms with van der Waals surface area (Å²) in [5.41, 5.74) is 3.02. The minimum absolute atomic E-state index is 0.00336. The Morgan fingerprint density at radius 2 is 1.78 bits per heavy atom. The average molecular weight is 252 g/mol. The Labute approximate surface area is 110 Å². The zero-order valence-electron chi connectivity index (χ0n) is 11.6. The summed E-state index contributed by atoms with van der Waals surface area (Å²) in [4.78, 5) is 0. The van der Waals surface area contributed by atoms with E-state index in [1.165, 1.54) is 0 Å². The van der Waals surface area contributed by atoms with Crippen LogP contribution in [0.1, 0.15) is 40.0 Å². The molecule has 0 saturated heterocycles. The van der Waals surface area contributed by atoms with E-state index >= 15 is 0 Å². The normalized spacial score (nSPS) is 16.0. The van der Waals surface area contributed by atoms with Crippen molar-refractivity contribution in [2.24, 2.45) is 5.92 Å². The Morgan fingerprint density at radius 3 is 2.33 bits per heavy atom. The summed E-state index contributed by atoms with van der Waals surface area (Å²) < 4.78 is 12.4. The molecule has 3 unspecified atom stereocenters. The van der Waals surface area contributed by atoms with Gasteiger partial charge in [0.1, 0.15) is 0 Å². The van der Waals surface area contributed by atoms with E-state index in [0.717, 1.165) is 24.9 Å². The molecule has 0 spiro atoms. The van der Waals surface area contributed by atoms with Crippen LogP contribution >= 0.6 is 0 Å². The third-order valence-electron chi connectivity index (χ3n) is 3.64. The molecule has 3 atom stereocenters. The summed E-state index contributed by atoms with van der Waals surface area (Å²) in [6.07, 6.45) is 2.75. The lowest BCUT2D eigenvalue weighted by Gasteiger charge is -2.23. The highest BCUT2D eigenvalue weighted by Crippen LogP contribution is 2.17. The Hall–Kier alpha value is -1.09. The van der Waals surface area contributed by atoms with Crippen LogP contribution in [0.15, 0.2) is 30.3 Å². The quantitative estimate of drug-likeness (QED) is 0.679. The summed E-state index contributed by atoms with van der Waals surface area (Å²) in [6, 6.07) is 10.6. The van der Waals surface area contributed by atoms with Gasteiger partial charge in [-0.25, -0.2) is 0 Å². The van der Waals surface area contributed by atoms with Gasteiger partial charge in [0.05, 0.1) is 0 Å². The van der Waals surface area contributed by atoms with Gasteiger partial charge in [0.15, 0.2) is 0 Å². The summed E-state index contributed by atoms with van der Waals surface area (Å²) >= 11 is 0. The van der Waals surface area contributed by atoms with Crippen molar-refractivity contribution in [1.29, 1.82) is 0 Å². The first-order chi connectivity index (χ1) is 8.67. The number of benzene rings is 1. The highest BCUT2D eigenvalue weighted by Gasteiger charge is 2.14. The molecule has 0 aliphatic heterocycles. The van der Waals surface area contributed by atoms with E-state index in [1.807, 2.05) is 30.7 Å². The lowest BCUT2D eigenvalue weighted by atomic mass is 9.94. The maximum Gasteiger partial charge on any atom is 0.0369 e. The molecule has 0 bridgehead atoms. The molecule has 102 valence electrons. The van der Waals surface area contributed by atoms with Gasteiger partial charge in [-0.2, -0.15) is 5.54 Å². The predicted octanol–water partition coefficient (Wildman–Crippen LogP) is 4.16. The van der Waals surface area contributed by atoms with Crippen molar-refractivity contribution in [3.8, 4) is 0 Å². The molecule has 0 radical (unpaired) electrons. The van der Waals surface area contributed by atoms with E-state index in [1.54, 1.807) is 0 Å². The number of para-hydroxylation sites is 1. The fraction of sp³-hybridized carbons (Fsp3) is 0.600. The first-order valence-electron chi connectivity index (χ1n) is 6.85. The zero-order valence-corrected chi connectivity index (χ0v) is 11.6. The van der Waals surface area contributed by atoms with Gasteiger partial charge < -0.3 is 5.32 Å². The molecule has 0 saturated carbocycles. The van der Waals surface area contributed by atoms with Crippen molar-refractivity contribution in [2.45, 2.75) is 52.1 Å². The topological polar surface area (TPSA) is 24.1 Å². The Bertz CT molecular complexity index is 312. The fourth-order valence-electron chi connectivity index (χ4n) is 1.99. The number of hydrogen-bond donors (Lipinski definition) is 2. The molecule has 0 fully saturated rings. The molecule has 0 amide bonds. The van der Waals surface area contributed by atoms with Crippen LogP contribution in [0.25, 0.3) is 0 Å². The summed E-state index contributed by atoms with van der Waals surface area (Å²) in [5, 5.41) is 3.49. The lowest BCUT2D eigenvalue weighted by Crippen LogP contribution is -2.27. The van der Waals surface area contributed by atoms with Crippen molar-refractivity contribution >= 4 is 5.69 Å². The van der Waals surface area contributed by atoms with Gasteiger partial charge >= 0.3 is 0 Å². The zero-order chi connectivity index (χ0) is 13.4. The van der Waals surface area contributed by atoms with E-state index in [0.29, 0.717) is 12.0 Å². The molecule has 0 aliphatic carbocycles. The SMILES string of the molecule is CCC(CCC(C)C(C)Nc1ccccc1)NF. The second kappa shape index (κ2) is 8.09. The molecule has 18 heavy (non-hydrogen) atoms. The predicted molar refractivity (Wildman–Crippen MR) is 76.2 cm³/mol. The van der Waals surface area contributed by atoms with E-state index in [9.17, 15) is 4.48 Å². The van der Waals surface area contributed by atoms with Gasteiger partial charge in [0.2, 0.25) is 0 Å². The van der Waals surface area contributed by atoms with E-state index in [2.05, 4.69) is 31.3 Å². The molecule has 2 nitrogen and oxygen atoms in total. The maximum atomic E-state index is 12.4. The molecule has 1 rings (SSSR count). The summed E-state index contributed by atoms with van der Waals surface area (Å²) in [6.45, 7) is 6.40. The number of hydrogen-bond acceptors (Lipinski definition) is 2. The number of rotatable bonds is 8. The molecule has 0 aromatic heterocycles. The lowest BCUT2D eigenvalue weighted by molar-refractivity contribution is 0.243. The largest absolute Gasteiger partial charge is 0.382 e. The van der Waals surface area contributed by atoms with Gasteiger partial charge in [-0.3, -0.25) is 0 Å². The number of halogens is 1. The van der Waals surface area contributed by atoms with Crippen LogP contribution in [0.4, 0.5) is 10.2 Å². The first-order valence-corrected chi connectivity index (χ1v) is 6.85. The molecule has 0 aliphatic rings. The van der Waals surface area contributed by atoms with Crippen LogP contribution in [0, 0.1) is 5.92 Å². The minimum Gasteiger partial charge on any atom is -0.382 e. The Balaban J connectivity index is 2.35. The molecule has 0 heterocycles. The Morgan fingerprint density at radius 1 is 1.11 bits per heavy atom. The summed E-state index contributed by atoms with van der Waals surface area (Å²) in [5.74, 6) is 0.521. The van der Waals surface area contributed by atoms with Crippen molar-refractivity contribution in [1.82, 2.24) is 5.54 Å². The Kier molecular flexibility index (Phi) is 6.73. The van der Waals surface area contributed by atoms with Crippen molar-refractivity contribution in [2.75, 3.05) is 5.32 Å². The van der Waals surface area contributed by atoms with Crippen LogP contribution < -0.4 is 10.9 Å². The first kappa shape index (κ1) is 15.0. The van der Waals surface area contributed by atoms with Gasteiger partial charge in [-0.05, 0) is 44.2 Å². The van der Waals surface area contributed by atoms with Crippen molar-refractivity contribution < 1.29 is 4.48 Å². The third-order valence-corrected chi connectivity index (χ3v) is 3.64. The molecular weight excluding hydrogens is 227 g/mol. The minimum atomic E-state index is -0.00336. The fourth-order valence-corrected chi connectivity index (χ4v) is 1.99. The average Bonchev–Trinajstić information content (AvgIpc) is 2.40. The van der Waals surface area contributed by atoms with Crippen LogP contribution in [0.5, 0.6) is 0 Å². The molecule has 1 aromatic carbocycles. The number of anilines is 1. The molecule has 1 aromatic rings. The van der Waals surface area contributed by atoms with Crippen LogP contribution in [-0.4, -0.2) is 12.1 Å². The van der Waals surface area contributed by atoms with Crippen LogP contribution in [0.3, 0.4) is 0 Å². The molecule has 3 heteroatoms. The van der Waals surface area contributed by atoms with Crippen LogP contribution in [-0.2, 0) is 0 Å². The van der Waals surface area contributed by atoms with E-state index in [4.69, 9.17) is 0 Å². The highest BCUT2D eigenvalue weighted by molar-refractivity contribution is 5.43. The third kappa shape index (κ3) is 5.05. The standard InChI is InChI=1S/C15H25FN2/c1-4-14(18-16)11-10-12(2)13(3)17-15-8-6-5-7-9-15/h5-9,12-14,17-18H,4,10-11H2,1-3H3. The van der Waals surface area contributed by atoms with Gasteiger partial charge in [-0.1, -0.05) is 32.0 Å². The van der Waals surface area contributed by atoms with Crippen molar-refractivity contribution in [3.63, 3.8) is 0 Å². The monoisotopic (exact) mass is 252 g/mol. The van der Waals surface area contributed by atoms with E-state index < -0.39 is 0 Å². The smallest absolute Gasteiger partial charge is 0.0369 e. The maximum absolute atomic E-state index is 12.4. The van der Waals surface area contributed by atoms with Crippen molar-refractivity contribution in [3.05, 3.63) is 30.3 Å². The van der Waals surface area contributed by atoms with Gasteiger partial charge in [0, 0.05) is 17.8 Å². The number of nitrogens with one attached hydrogen (secondary N) is 2. The summed E-state index contributed by atoms with van der Waals surface area (Å²) in [7, 11) is 0. The second-order valence-electron chi connectivity index (χ2n) is 5.07. The molecular formula is C15H25FN2. The molecule has 2 N–H and O–H groups in total.